The van der Waals surface area contributed by atoms with Gasteiger partial charge in [0.1, 0.15) is 0 Å². The number of halogens is 1. The molecule has 2 fully saturated rings. The van der Waals surface area contributed by atoms with E-state index >= 15 is 0 Å². The van der Waals surface area contributed by atoms with E-state index in [1.54, 1.807) is 0 Å². The minimum atomic E-state index is 0. The van der Waals surface area contributed by atoms with Crippen molar-refractivity contribution in [1.29, 1.82) is 0 Å². The van der Waals surface area contributed by atoms with Gasteiger partial charge >= 0.3 is 0 Å². The molecule has 3 nitrogen and oxygen atoms in total. The second-order valence-electron chi connectivity index (χ2n) is 6.86. The van der Waals surface area contributed by atoms with Crippen LogP contribution in [0, 0.1) is 18.8 Å². The van der Waals surface area contributed by atoms with Crippen LogP contribution in [0.4, 0.5) is 0 Å². The summed E-state index contributed by atoms with van der Waals surface area (Å²) >= 11 is 0. The smallest absolute Gasteiger partial charge is 0.226 e. The number of nitrogens with two attached hydrogens (primary N) is 1. The molecular weight excluding hydrogens is 296 g/mol. The molecule has 3 rings (SSSR count). The quantitative estimate of drug-likeness (QED) is 0.929. The highest BCUT2D eigenvalue weighted by Gasteiger charge is 2.47. The molecular formula is C18H27ClN2O. The molecule has 2 aliphatic rings. The molecule has 0 aromatic heterocycles. The number of rotatable bonds is 3. The number of piperidine rings is 1. The summed E-state index contributed by atoms with van der Waals surface area (Å²) in [6.07, 6.45) is 3.18. The van der Waals surface area contributed by atoms with E-state index in [2.05, 4.69) is 43.0 Å². The van der Waals surface area contributed by atoms with Crippen LogP contribution in [-0.2, 0) is 4.79 Å². The number of benzene rings is 1. The molecule has 0 radical (unpaired) electrons. The van der Waals surface area contributed by atoms with Crippen LogP contribution < -0.4 is 5.73 Å². The first-order valence-electron chi connectivity index (χ1n) is 8.18. The molecule has 4 unspecified atom stereocenters. The Kier molecular flexibility index (Phi) is 5.51. The van der Waals surface area contributed by atoms with E-state index in [4.69, 9.17) is 5.73 Å². The maximum atomic E-state index is 12.8. The summed E-state index contributed by atoms with van der Waals surface area (Å²) in [5.74, 6) is 1.64. The largest absolute Gasteiger partial charge is 0.338 e. The molecule has 1 aromatic carbocycles. The zero-order chi connectivity index (χ0) is 15.0. The fraction of sp³-hybridized carbons (Fsp3) is 0.611. The van der Waals surface area contributed by atoms with Crippen LogP contribution in [0.2, 0.25) is 0 Å². The van der Waals surface area contributed by atoms with Gasteiger partial charge in [-0.2, -0.15) is 0 Å². The summed E-state index contributed by atoms with van der Waals surface area (Å²) in [6, 6.07) is 8.70. The summed E-state index contributed by atoms with van der Waals surface area (Å²) in [7, 11) is 0. The molecule has 1 heterocycles. The lowest BCUT2D eigenvalue weighted by Crippen LogP contribution is -2.49. The second-order valence-corrected chi connectivity index (χ2v) is 6.86. The van der Waals surface area contributed by atoms with Crippen LogP contribution in [0.1, 0.15) is 43.2 Å². The van der Waals surface area contributed by atoms with Crippen molar-refractivity contribution >= 4 is 18.3 Å². The van der Waals surface area contributed by atoms with Crippen LogP contribution in [0.3, 0.4) is 0 Å². The van der Waals surface area contributed by atoms with Crippen LogP contribution in [-0.4, -0.2) is 29.9 Å². The fourth-order valence-electron chi connectivity index (χ4n) is 3.79. The Bertz CT molecular complexity index is 534. The van der Waals surface area contributed by atoms with Crippen molar-refractivity contribution in [2.24, 2.45) is 17.6 Å². The summed E-state index contributed by atoms with van der Waals surface area (Å²) in [4.78, 5) is 14.9. The minimum Gasteiger partial charge on any atom is -0.338 e. The first-order valence-corrected chi connectivity index (χ1v) is 8.18. The first kappa shape index (κ1) is 17.3. The van der Waals surface area contributed by atoms with Gasteiger partial charge in [0.25, 0.3) is 0 Å². The van der Waals surface area contributed by atoms with E-state index in [9.17, 15) is 4.79 Å². The Morgan fingerprint density at radius 3 is 2.73 bits per heavy atom. The first-order chi connectivity index (χ1) is 10.1. The van der Waals surface area contributed by atoms with Gasteiger partial charge in [-0.15, -0.1) is 12.4 Å². The van der Waals surface area contributed by atoms with E-state index in [-0.39, 0.29) is 24.4 Å². The zero-order valence-electron chi connectivity index (χ0n) is 13.5. The third kappa shape index (κ3) is 3.31. The van der Waals surface area contributed by atoms with Gasteiger partial charge in [0.2, 0.25) is 5.91 Å². The van der Waals surface area contributed by atoms with E-state index in [0.717, 1.165) is 25.8 Å². The van der Waals surface area contributed by atoms with Gasteiger partial charge in [-0.3, -0.25) is 4.79 Å². The molecule has 2 N–H and O–H groups in total. The van der Waals surface area contributed by atoms with Crippen molar-refractivity contribution in [3.8, 4) is 0 Å². The third-order valence-corrected chi connectivity index (χ3v) is 5.23. The minimum absolute atomic E-state index is 0. The zero-order valence-corrected chi connectivity index (χ0v) is 14.3. The van der Waals surface area contributed by atoms with E-state index in [1.165, 1.54) is 11.1 Å². The van der Waals surface area contributed by atoms with E-state index < -0.39 is 0 Å². The Balaban J connectivity index is 0.00000176. The van der Waals surface area contributed by atoms with Crippen LogP contribution in [0.15, 0.2) is 24.3 Å². The molecule has 1 saturated carbocycles. The maximum absolute atomic E-state index is 12.8. The molecule has 22 heavy (non-hydrogen) atoms. The molecule has 1 aromatic rings. The molecule has 1 aliphatic heterocycles. The molecule has 1 aliphatic carbocycles. The molecule has 0 bridgehead atoms. The third-order valence-electron chi connectivity index (χ3n) is 5.23. The van der Waals surface area contributed by atoms with Gasteiger partial charge in [-0.1, -0.05) is 31.2 Å². The molecule has 1 amide bonds. The lowest BCUT2D eigenvalue weighted by molar-refractivity contribution is -0.136. The van der Waals surface area contributed by atoms with Gasteiger partial charge in [0, 0.05) is 25.0 Å². The number of aryl methyl sites for hydroxylation is 1. The molecule has 4 heteroatoms. The molecule has 4 atom stereocenters. The number of nitrogens with zero attached hydrogens (tertiary/aromatic N) is 1. The Hall–Kier alpha value is -1.06. The average Bonchev–Trinajstić information content (AvgIpc) is 3.27. The maximum Gasteiger partial charge on any atom is 0.226 e. The summed E-state index contributed by atoms with van der Waals surface area (Å²) < 4.78 is 0. The van der Waals surface area contributed by atoms with Crippen LogP contribution >= 0.6 is 12.4 Å². The highest BCUT2D eigenvalue weighted by atomic mass is 35.5. The normalized spacial score (nSPS) is 30.6. The predicted molar refractivity (Wildman–Crippen MR) is 92.2 cm³/mol. The van der Waals surface area contributed by atoms with Gasteiger partial charge in [0.15, 0.2) is 0 Å². The van der Waals surface area contributed by atoms with Crippen molar-refractivity contribution in [3.05, 3.63) is 35.4 Å². The van der Waals surface area contributed by atoms with Crippen LogP contribution in [0.5, 0.6) is 0 Å². The van der Waals surface area contributed by atoms with Crippen molar-refractivity contribution in [2.45, 2.75) is 45.1 Å². The van der Waals surface area contributed by atoms with Crippen molar-refractivity contribution in [1.82, 2.24) is 4.90 Å². The topological polar surface area (TPSA) is 46.3 Å². The van der Waals surface area contributed by atoms with E-state index in [1.807, 2.05) is 0 Å². The molecule has 1 saturated heterocycles. The molecule has 0 spiro atoms. The summed E-state index contributed by atoms with van der Waals surface area (Å²) in [6.45, 7) is 5.88. The van der Waals surface area contributed by atoms with Crippen molar-refractivity contribution < 1.29 is 4.79 Å². The number of hydrogen-bond acceptors (Lipinski definition) is 2. The number of amides is 1. The highest BCUT2D eigenvalue weighted by Crippen LogP contribution is 2.50. The number of carbonyl (C=O) groups is 1. The SMILES string of the molecule is Cc1ccccc1C1CC1C(=O)N1CCC(C)CC1CN.Cl. The molecule has 122 valence electrons. The number of hydrogen-bond donors (Lipinski definition) is 1. The predicted octanol–water partition coefficient (Wildman–Crippen LogP) is 3.11. The Morgan fingerprint density at radius 2 is 2.05 bits per heavy atom. The second kappa shape index (κ2) is 7.01. The van der Waals surface area contributed by atoms with Gasteiger partial charge in [-0.05, 0) is 49.1 Å². The van der Waals surface area contributed by atoms with Crippen molar-refractivity contribution in [3.63, 3.8) is 0 Å². The Morgan fingerprint density at radius 1 is 1.32 bits per heavy atom. The van der Waals surface area contributed by atoms with Crippen molar-refractivity contribution in [2.75, 3.05) is 13.1 Å². The fourth-order valence-corrected chi connectivity index (χ4v) is 3.79. The van der Waals surface area contributed by atoms with E-state index in [0.29, 0.717) is 24.3 Å². The highest BCUT2D eigenvalue weighted by molar-refractivity contribution is 5.85. The lowest BCUT2D eigenvalue weighted by atomic mass is 9.92. The number of likely N-dealkylation sites (tertiary alicyclic amines) is 1. The summed E-state index contributed by atoms with van der Waals surface area (Å²) in [5, 5.41) is 0. The van der Waals surface area contributed by atoms with Crippen LogP contribution in [0.25, 0.3) is 0 Å². The lowest BCUT2D eigenvalue weighted by Gasteiger charge is -2.38. The number of carbonyl (C=O) groups excluding carboxylic acids is 1. The average molecular weight is 323 g/mol. The standard InChI is InChI=1S/C18H26N2O.ClH/c1-12-7-8-20(14(9-12)11-19)18(21)17-10-16(17)15-6-4-3-5-13(15)2;/h3-6,12,14,16-17H,7-11,19H2,1-2H3;1H. The monoisotopic (exact) mass is 322 g/mol. The summed E-state index contributed by atoms with van der Waals surface area (Å²) in [5.41, 5.74) is 8.55. The van der Waals surface area contributed by atoms with Gasteiger partial charge < -0.3 is 10.6 Å². The van der Waals surface area contributed by atoms with Gasteiger partial charge in [-0.25, -0.2) is 0 Å². The Labute approximate surface area is 139 Å². The van der Waals surface area contributed by atoms with Gasteiger partial charge in [0.05, 0.1) is 0 Å².